The quantitative estimate of drug-likeness (QED) is 0.162. The van der Waals surface area contributed by atoms with Crippen LogP contribution >= 0.6 is 0 Å². The van der Waals surface area contributed by atoms with E-state index in [1.165, 1.54) is 85.6 Å². The van der Waals surface area contributed by atoms with Gasteiger partial charge in [0.15, 0.2) is 0 Å². The summed E-state index contributed by atoms with van der Waals surface area (Å²) in [6, 6.07) is 26.0. The largest absolute Gasteiger partial charge is 0.494 e. The summed E-state index contributed by atoms with van der Waals surface area (Å²) in [5, 5.41) is 0. The minimum absolute atomic E-state index is 0.122. The van der Waals surface area contributed by atoms with Crippen LogP contribution in [0.25, 0.3) is 22.3 Å². The van der Waals surface area contributed by atoms with Crippen molar-refractivity contribution in [2.75, 3.05) is 13.2 Å². The van der Waals surface area contributed by atoms with E-state index in [1.807, 2.05) is 0 Å². The predicted molar refractivity (Wildman–Crippen MR) is 159 cm³/mol. The molecule has 0 heterocycles. The topological polar surface area (TPSA) is 18.5 Å². The molecule has 37 heavy (non-hydrogen) atoms. The Morgan fingerprint density at radius 3 is 1.59 bits per heavy atom. The fourth-order valence-corrected chi connectivity index (χ4v) is 4.82. The zero-order valence-electron chi connectivity index (χ0n) is 23.5. The van der Waals surface area contributed by atoms with Crippen molar-refractivity contribution in [3.63, 3.8) is 0 Å². The van der Waals surface area contributed by atoms with Gasteiger partial charge in [0.1, 0.15) is 5.75 Å². The Labute approximate surface area is 226 Å². The molecule has 3 rings (SSSR count). The van der Waals surface area contributed by atoms with Crippen LogP contribution in [0.3, 0.4) is 0 Å². The highest BCUT2D eigenvalue weighted by atomic mass is 16.5. The van der Waals surface area contributed by atoms with Crippen LogP contribution in [0, 0.1) is 0 Å². The van der Waals surface area contributed by atoms with Gasteiger partial charge in [-0.2, -0.15) is 0 Å². The zero-order chi connectivity index (χ0) is 26.1. The molecule has 3 aromatic carbocycles. The number of rotatable bonds is 18. The second-order valence-corrected chi connectivity index (χ2v) is 10.2. The predicted octanol–water partition coefficient (Wildman–Crippen LogP) is 10.8. The molecule has 0 saturated carbocycles. The molecule has 0 spiro atoms. The maximum absolute atomic E-state index is 6.04. The summed E-state index contributed by atoms with van der Waals surface area (Å²) in [4.78, 5) is 0. The monoisotopic (exact) mass is 500 g/mol. The molecule has 0 saturated heterocycles. The summed E-state index contributed by atoms with van der Waals surface area (Å²) in [5.74, 6) is 0.961. The fraction of sp³-hybridized carbons (Fsp3) is 0.486. The highest BCUT2D eigenvalue weighted by Crippen LogP contribution is 2.33. The molecule has 0 fully saturated rings. The zero-order valence-corrected chi connectivity index (χ0v) is 23.5. The number of benzene rings is 3. The van der Waals surface area contributed by atoms with E-state index in [2.05, 4.69) is 93.6 Å². The molecule has 2 nitrogen and oxygen atoms in total. The van der Waals surface area contributed by atoms with Crippen LogP contribution in [-0.4, -0.2) is 13.2 Å². The van der Waals surface area contributed by atoms with Crippen molar-refractivity contribution in [3.05, 3.63) is 78.4 Å². The van der Waals surface area contributed by atoms with E-state index >= 15 is 0 Å². The van der Waals surface area contributed by atoms with E-state index in [-0.39, 0.29) is 6.10 Å². The van der Waals surface area contributed by atoms with Gasteiger partial charge in [0.05, 0.1) is 12.7 Å². The van der Waals surface area contributed by atoms with Crippen molar-refractivity contribution in [2.45, 2.75) is 97.5 Å². The molecule has 0 N–H and O–H groups in total. The van der Waals surface area contributed by atoms with Crippen molar-refractivity contribution >= 4 is 0 Å². The molecule has 0 radical (unpaired) electrons. The third kappa shape index (κ3) is 10.0. The third-order valence-corrected chi connectivity index (χ3v) is 7.12. The molecule has 0 aromatic heterocycles. The molecule has 0 aliphatic heterocycles. The summed E-state index contributed by atoms with van der Waals surface area (Å²) >= 11 is 0. The van der Waals surface area contributed by atoms with Gasteiger partial charge in [-0.15, -0.1) is 0 Å². The molecule has 2 heteroatoms. The maximum Gasteiger partial charge on any atom is 0.119 e. The second kappa shape index (κ2) is 17.0. The van der Waals surface area contributed by atoms with Crippen molar-refractivity contribution in [3.8, 4) is 28.0 Å². The first-order valence-electron chi connectivity index (χ1n) is 14.8. The van der Waals surface area contributed by atoms with Crippen LogP contribution in [0.4, 0.5) is 0 Å². The average Bonchev–Trinajstić information content (AvgIpc) is 2.95. The van der Waals surface area contributed by atoms with E-state index in [0.717, 1.165) is 31.8 Å². The summed E-state index contributed by atoms with van der Waals surface area (Å²) < 4.78 is 11.9. The summed E-state index contributed by atoms with van der Waals surface area (Å²) in [7, 11) is 0. The van der Waals surface area contributed by atoms with Gasteiger partial charge < -0.3 is 9.47 Å². The van der Waals surface area contributed by atoms with E-state index in [4.69, 9.17) is 9.47 Å². The molecular weight excluding hydrogens is 452 g/mol. The van der Waals surface area contributed by atoms with E-state index in [9.17, 15) is 0 Å². The van der Waals surface area contributed by atoms with Crippen molar-refractivity contribution in [1.82, 2.24) is 0 Å². The van der Waals surface area contributed by atoms with Crippen LogP contribution in [0.2, 0.25) is 0 Å². The van der Waals surface area contributed by atoms with Gasteiger partial charge in [-0.25, -0.2) is 0 Å². The smallest absolute Gasteiger partial charge is 0.119 e. The van der Waals surface area contributed by atoms with Gasteiger partial charge in [0.2, 0.25) is 0 Å². The highest BCUT2D eigenvalue weighted by Gasteiger charge is 2.10. The van der Waals surface area contributed by atoms with Gasteiger partial charge in [-0.1, -0.05) is 132 Å². The minimum Gasteiger partial charge on any atom is -0.494 e. The normalized spacial score (nSPS) is 12.0. The second-order valence-electron chi connectivity index (χ2n) is 10.2. The van der Waals surface area contributed by atoms with Crippen LogP contribution in [0.1, 0.15) is 103 Å². The SMILES string of the molecule is CCCCCCCCCCCCOc1ccc(-c2ccccc2-c2ccc(C(C)OCCC)cc2)cc1. The lowest BCUT2D eigenvalue weighted by molar-refractivity contribution is 0.0663. The first-order valence-corrected chi connectivity index (χ1v) is 14.8. The van der Waals surface area contributed by atoms with Gasteiger partial charge in [-0.3, -0.25) is 0 Å². The summed E-state index contributed by atoms with van der Waals surface area (Å²) in [5.41, 5.74) is 6.15. The Morgan fingerprint density at radius 2 is 1.05 bits per heavy atom. The van der Waals surface area contributed by atoms with E-state index in [0.29, 0.717) is 0 Å². The molecule has 0 amide bonds. The van der Waals surface area contributed by atoms with Gasteiger partial charge in [0.25, 0.3) is 0 Å². The molecule has 0 aliphatic rings. The van der Waals surface area contributed by atoms with E-state index in [1.54, 1.807) is 0 Å². The van der Waals surface area contributed by atoms with E-state index < -0.39 is 0 Å². The van der Waals surface area contributed by atoms with Crippen molar-refractivity contribution in [1.29, 1.82) is 0 Å². The summed E-state index contributed by atoms with van der Waals surface area (Å²) in [6.45, 7) is 8.15. The lowest BCUT2D eigenvalue weighted by Gasteiger charge is -2.15. The lowest BCUT2D eigenvalue weighted by Crippen LogP contribution is -2.00. The van der Waals surface area contributed by atoms with Gasteiger partial charge in [0, 0.05) is 6.61 Å². The molecule has 3 aromatic rings. The first kappa shape index (κ1) is 29.0. The van der Waals surface area contributed by atoms with Crippen LogP contribution < -0.4 is 4.74 Å². The first-order chi connectivity index (χ1) is 18.2. The number of unbranched alkanes of at least 4 members (excludes halogenated alkanes) is 9. The molecule has 0 bridgehead atoms. The standard InChI is InChI=1S/C35H48O2/c1-4-6-7-8-9-10-11-12-13-16-28-37-33-25-23-32(24-26-33)35-18-15-14-17-34(35)31-21-19-30(20-22-31)29(3)36-27-5-2/h14-15,17-26,29H,4-13,16,27-28H2,1-3H3. The minimum atomic E-state index is 0.122. The molecule has 1 atom stereocenters. The lowest BCUT2D eigenvalue weighted by atomic mass is 9.94. The Hall–Kier alpha value is -2.58. The van der Waals surface area contributed by atoms with Crippen molar-refractivity contribution < 1.29 is 9.47 Å². The maximum atomic E-state index is 6.04. The fourth-order valence-electron chi connectivity index (χ4n) is 4.82. The average molecular weight is 501 g/mol. The number of hydrogen-bond acceptors (Lipinski definition) is 2. The van der Waals surface area contributed by atoms with Gasteiger partial charge in [-0.05, 0) is 59.7 Å². The highest BCUT2D eigenvalue weighted by molar-refractivity contribution is 5.83. The Morgan fingerprint density at radius 1 is 0.541 bits per heavy atom. The molecule has 0 aliphatic carbocycles. The Bertz CT molecular complexity index is 991. The molecule has 1 unspecified atom stereocenters. The third-order valence-electron chi connectivity index (χ3n) is 7.12. The number of ether oxygens (including phenoxy) is 2. The summed E-state index contributed by atoms with van der Waals surface area (Å²) in [6.07, 6.45) is 14.6. The molecular formula is C35H48O2. The van der Waals surface area contributed by atoms with Crippen molar-refractivity contribution in [2.24, 2.45) is 0 Å². The van der Waals surface area contributed by atoms with Crippen LogP contribution in [0.5, 0.6) is 5.75 Å². The van der Waals surface area contributed by atoms with Gasteiger partial charge >= 0.3 is 0 Å². The Kier molecular flexibility index (Phi) is 13.3. The van der Waals surface area contributed by atoms with Crippen LogP contribution in [0.15, 0.2) is 72.8 Å². The molecule has 200 valence electrons. The number of hydrogen-bond donors (Lipinski definition) is 0. The van der Waals surface area contributed by atoms with Crippen LogP contribution in [-0.2, 0) is 4.74 Å². The Balaban J connectivity index is 1.47.